The Morgan fingerprint density at radius 1 is 1.37 bits per heavy atom. The van der Waals surface area contributed by atoms with Gasteiger partial charge in [0.2, 0.25) is 5.06 Å². The largest absolute Gasteiger partial charge is 0.514 e. The van der Waals surface area contributed by atoms with E-state index in [-0.39, 0.29) is 23.3 Å². The van der Waals surface area contributed by atoms with E-state index in [0.717, 1.165) is 11.3 Å². The number of carbonyl (C=O) groups excluding carboxylic acids is 2. The van der Waals surface area contributed by atoms with Gasteiger partial charge in [-0.2, -0.15) is 0 Å². The van der Waals surface area contributed by atoms with Crippen LogP contribution in [0, 0.1) is 6.92 Å². The summed E-state index contributed by atoms with van der Waals surface area (Å²) in [4.78, 5) is 27.4. The highest BCUT2D eigenvalue weighted by atomic mass is 32.1. The summed E-state index contributed by atoms with van der Waals surface area (Å²) >= 11 is 1.13. The normalized spacial score (nSPS) is 11.0. The number of ether oxygens (including phenoxy) is 2. The molecule has 0 saturated heterocycles. The van der Waals surface area contributed by atoms with Crippen molar-refractivity contribution in [3.05, 3.63) is 10.7 Å². The summed E-state index contributed by atoms with van der Waals surface area (Å²) < 4.78 is 9.65. The molecule has 1 aromatic rings. The van der Waals surface area contributed by atoms with Gasteiger partial charge in [0.15, 0.2) is 5.69 Å². The van der Waals surface area contributed by atoms with Crippen molar-refractivity contribution in [2.75, 3.05) is 6.61 Å². The lowest BCUT2D eigenvalue weighted by Crippen LogP contribution is -2.40. The molecule has 0 bridgehead atoms. The van der Waals surface area contributed by atoms with E-state index >= 15 is 0 Å². The van der Waals surface area contributed by atoms with Crippen LogP contribution >= 0.6 is 11.3 Å². The number of rotatable bonds is 3. The van der Waals surface area contributed by atoms with Crippen molar-refractivity contribution < 1.29 is 19.1 Å². The molecule has 0 radical (unpaired) electrons. The van der Waals surface area contributed by atoms with Gasteiger partial charge in [-0.1, -0.05) is 11.3 Å². The van der Waals surface area contributed by atoms with Crippen molar-refractivity contribution in [3.63, 3.8) is 0 Å². The maximum absolute atomic E-state index is 12.0. The molecule has 19 heavy (non-hydrogen) atoms. The van der Waals surface area contributed by atoms with Crippen molar-refractivity contribution in [2.24, 2.45) is 0 Å². The molecule has 1 N–H and O–H groups in total. The smallest absolute Gasteiger partial charge is 0.434 e. The van der Waals surface area contributed by atoms with Crippen LogP contribution in [-0.4, -0.2) is 29.2 Å². The molecule has 1 heterocycles. The standard InChI is InChI=1S/C12H18N2O4S/c1-6-17-11(16)18-10-8(13-7(2)19-10)9(15)14-12(3,4)5/h6H2,1-5H3,(H,14,15). The van der Waals surface area contributed by atoms with Gasteiger partial charge in [-0.05, 0) is 34.6 Å². The van der Waals surface area contributed by atoms with Crippen LogP contribution in [0.15, 0.2) is 0 Å². The third-order valence-electron chi connectivity index (χ3n) is 1.84. The maximum Gasteiger partial charge on any atom is 0.514 e. The minimum Gasteiger partial charge on any atom is -0.434 e. The Morgan fingerprint density at radius 3 is 2.53 bits per heavy atom. The van der Waals surface area contributed by atoms with Gasteiger partial charge in [-0.25, -0.2) is 9.78 Å². The van der Waals surface area contributed by atoms with Gasteiger partial charge < -0.3 is 14.8 Å². The molecule has 1 amide bonds. The summed E-state index contributed by atoms with van der Waals surface area (Å²) in [5.74, 6) is -0.379. The van der Waals surface area contributed by atoms with Crippen LogP contribution in [0.3, 0.4) is 0 Å². The number of aryl methyl sites for hydroxylation is 1. The molecular weight excluding hydrogens is 268 g/mol. The van der Waals surface area contributed by atoms with Gasteiger partial charge in [-0.15, -0.1) is 0 Å². The molecule has 0 saturated carbocycles. The second-order valence-electron chi connectivity index (χ2n) is 4.86. The van der Waals surface area contributed by atoms with Crippen molar-refractivity contribution >= 4 is 23.4 Å². The first kappa shape index (κ1) is 15.4. The fourth-order valence-corrected chi connectivity index (χ4v) is 1.99. The van der Waals surface area contributed by atoms with Gasteiger partial charge in [-0.3, -0.25) is 4.79 Å². The Hall–Kier alpha value is -1.63. The van der Waals surface area contributed by atoms with Crippen molar-refractivity contribution in [1.29, 1.82) is 0 Å². The Morgan fingerprint density at radius 2 is 2.00 bits per heavy atom. The first-order valence-corrected chi connectivity index (χ1v) is 6.69. The molecule has 106 valence electrons. The molecule has 0 spiro atoms. The molecule has 6 nitrogen and oxygen atoms in total. The van der Waals surface area contributed by atoms with E-state index in [1.165, 1.54) is 0 Å². The predicted octanol–water partition coefficient (Wildman–Crippen LogP) is 2.52. The zero-order valence-electron chi connectivity index (χ0n) is 11.7. The Balaban J connectivity index is 2.89. The van der Waals surface area contributed by atoms with E-state index in [1.54, 1.807) is 13.8 Å². The second kappa shape index (κ2) is 6.01. The second-order valence-corrected chi connectivity index (χ2v) is 6.02. The summed E-state index contributed by atoms with van der Waals surface area (Å²) in [6.07, 6.45) is -0.837. The Kier molecular flexibility index (Phi) is 4.88. The van der Waals surface area contributed by atoms with Gasteiger partial charge >= 0.3 is 6.16 Å². The van der Waals surface area contributed by atoms with Crippen molar-refractivity contribution in [3.8, 4) is 5.06 Å². The molecule has 0 aliphatic rings. The van der Waals surface area contributed by atoms with Crippen LogP contribution in [0.5, 0.6) is 5.06 Å². The lowest BCUT2D eigenvalue weighted by molar-refractivity contribution is 0.0904. The Bertz CT molecular complexity index is 477. The molecule has 0 unspecified atom stereocenters. The van der Waals surface area contributed by atoms with Gasteiger partial charge in [0.1, 0.15) is 0 Å². The molecule has 1 aromatic heterocycles. The number of nitrogens with one attached hydrogen (secondary N) is 1. The lowest BCUT2D eigenvalue weighted by atomic mass is 10.1. The molecular formula is C12H18N2O4S. The predicted molar refractivity (Wildman–Crippen MR) is 71.7 cm³/mol. The average Bonchev–Trinajstić information content (AvgIpc) is 2.57. The summed E-state index contributed by atoms with van der Waals surface area (Å²) in [6.45, 7) is 9.19. The number of nitrogens with zero attached hydrogens (tertiary/aromatic N) is 1. The number of aromatic nitrogens is 1. The molecule has 0 aliphatic heterocycles. The first-order valence-electron chi connectivity index (χ1n) is 5.87. The minimum atomic E-state index is -0.837. The highest BCUT2D eigenvalue weighted by molar-refractivity contribution is 7.13. The van der Waals surface area contributed by atoms with Crippen LogP contribution in [0.2, 0.25) is 0 Å². The molecule has 0 aliphatic carbocycles. The zero-order valence-corrected chi connectivity index (χ0v) is 12.5. The van der Waals surface area contributed by atoms with E-state index in [1.807, 2.05) is 20.8 Å². The minimum absolute atomic E-state index is 0.102. The summed E-state index contributed by atoms with van der Waals surface area (Å²) in [7, 11) is 0. The summed E-state index contributed by atoms with van der Waals surface area (Å²) in [6, 6.07) is 0. The average molecular weight is 286 g/mol. The first-order chi connectivity index (χ1) is 8.73. The molecule has 1 rings (SSSR count). The number of thiazole rings is 1. The van der Waals surface area contributed by atoms with E-state index in [9.17, 15) is 9.59 Å². The van der Waals surface area contributed by atoms with Crippen LogP contribution in [0.4, 0.5) is 4.79 Å². The van der Waals surface area contributed by atoms with Gasteiger partial charge in [0.05, 0.1) is 11.6 Å². The fraction of sp³-hybridized carbons (Fsp3) is 0.583. The third-order valence-corrected chi connectivity index (χ3v) is 2.69. The van der Waals surface area contributed by atoms with Crippen LogP contribution in [0.1, 0.15) is 43.2 Å². The number of amides is 1. The summed E-state index contributed by atoms with van der Waals surface area (Å²) in [5.41, 5.74) is -0.291. The van der Waals surface area contributed by atoms with Crippen LogP contribution < -0.4 is 10.1 Å². The molecule has 7 heteroatoms. The lowest BCUT2D eigenvalue weighted by Gasteiger charge is -2.19. The number of carbonyl (C=O) groups is 2. The van der Waals surface area contributed by atoms with E-state index < -0.39 is 11.7 Å². The van der Waals surface area contributed by atoms with Gasteiger partial charge in [0.25, 0.3) is 5.91 Å². The highest BCUT2D eigenvalue weighted by Crippen LogP contribution is 2.27. The number of hydrogen-bond acceptors (Lipinski definition) is 6. The Labute approximate surface area is 116 Å². The molecule has 0 fully saturated rings. The fourth-order valence-electron chi connectivity index (χ4n) is 1.24. The van der Waals surface area contributed by atoms with Crippen LogP contribution in [0.25, 0.3) is 0 Å². The van der Waals surface area contributed by atoms with E-state index in [4.69, 9.17) is 4.74 Å². The zero-order chi connectivity index (χ0) is 14.6. The maximum atomic E-state index is 12.0. The van der Waals surface area contributed by atoms with E-state index in [0.29, 0.717) is 5.01 Å². The molecule has 0 atom stereocenters. The monoisotopic (exact) mass is 286 g/mol. The SMILES string of the molecule is CCOC(=O)Oc1sc(C)nc1C(=O)NC(C)(C)C. The van der Waals surface area contributed by atoms with Gasteiger partial charge in [0, 0.05) is 5.54 Å². The van der Waals surface area contributed by atoms with Crippen molar-refractivity contribution in [2.45, 2.75) is 40.2 Å². The third kappa shape index (κ3) is 4.86. The van der Waals surface area contributed by atoms with Crippen molar-refractivity contribution in [1.82, 2.24) is 10.3 Å². The highest BCUT2D eigenvalue weighted by Gasteiger charge is 2.24. The van der Waals surface area contributed by atoms with E-state index in [2.05, 4.69) is 15.0 Å². The van der Waals surface area contributed by atoms with Crippen LogP contribution in [-0.2, 0) is 4.74 Å². The molecule has 0 aromatic carbocycles. The quantitative estimate of drug-likeness (QED) is 0.864. The summed E-state index contributed by atoms with van der Waals surface area (Å²) in [5, 5.41) is 3.56. The number of hydrogen-bond donors (Lipinski definition) is 1. The topological polar surface area (TPSA) is 77.5 Å².